The number of hydrogen-bond donors (Lipinski definition) is 3. The van der Waals surface area contributed by atoms with Crippen LogP contribution in [0.3, 0.4) is 0 Å². The number of aryl methyl sites for hydroxylation is 1. The Morgan fingerprint density at radius 1 is 1.39 bits per heavy atom. The second-order valence-corrected chi connectivity index (χ2v) is 5.23. The smallest absolute Gasteiger partial charge is 0.345 e. The third-order valence-corrected chi connectivity index (χ3v) is 3.90. The Morgan fingerprint density at radius 3 is 2.78 bits per heavy atom. The van der Waals surface area contributed by atoms with Gasteiger partial charge in [-0.25, -0.2) is 4.79 Å². The first kappa shape index (κ1) is 14.8. The van der Waals surface area contributed by atoms with E-state index in [2.05, 4.69) is 10.1 Å². The van der Waals surface area contributed by atoms with Crippen molar-refractivity contribution in [2.24, 2.45) is 7.05 Å². The molecule has 2 heterocycles. The maximum atomic E-state index is 12.0. The largest absolute Gasteiger partial charge is 0.506 e. The van der Waals surface area contributed by atoms with E-state index in [1.165, 1.54) is 0 Å². The molecule has 0 unspecified atom stereocenters. The summed E-state index contributed by atoms with van der Waals surface area (Å²) in [5.74, 6) is -1.93. The number of rotatable bonds is 3. The predicted molar refractivity (Wildman–Crippen MR) is 84.8 cm³/mol. The first-order valence-corrected chi connectivity index (χ1v) is 7.07. The number of fused-ring (bicyclic) bond motifs is 1. The zero-order valence-corrected chi connectivity index (χ0v) is 12.6. The fraction of sp³-hybridized carbons (Fsp3) is 0.188. The Hall–Kier alpha value is -3.09. The molecule has 0 aliphatic carbocycles. The number of carbonyl (C=O) groups is 1. The number of H-pyrrole nitrogens is 1. The van der Waals surface area contributed by atoms with Gasteiger partial charge in [0, 0.05) is 23.6 Å². The summed E-state index contributed by atoms with van der Waals surface area (Å²) in [6.07, 6.45) is 2.11. The van der Waals surface area contributed by atoms with Gasteiger partial charge in [-0.05, 0) is 12.5 Å². The maximum Gasteiger partial charge on any atom is 0.345 e. The SMILES string of the molecule is CCc1c(-c2ccc3cnn(C)c3c2)[nH]c(=O)c(C(=O)O)c1O. The molecule has 0 saturated carbocycles. The number of nitrogens with zero attached hydrogens (tertiary/aromatic N) is 2. The minimum Gasteiger partial charge on any atom is -0.506 e. The lowest BCUT2D eigenvalue weighted by molar-refractivity contribution is 0.0691. The topological polar surface area (TPSA) is 108 Å². The number of aromatic carboxylic acids is 1. The van der Waals surface area contributed by atoms with Crippen LogP contribution in [0.25, 0.3) is 22.2 Å². The highest BCUT2D eigenvalue weighted by atomic mass is 16.4. The molecule has 1 aromatic carbocycles. The molecule has 0 spiro atoms. The Kier molecular flexibility index (Phi) is 3.40. The number of carboxylic acid groups (broad SMARTS) is 1. The van der Waals surface area contributed by atoms with Crippen LogP contribution in [0.5, 0.6) is 5.75 Å². The van der Waals surface area contributed by atoms with Gasteiger partial charge in [0.25, 0.3) is 5.56 Å². The van der Waals surface area contributed by atoms with Gasteiger partial charge in [0.2, 0.25) is 0 Å². The van der Waals surface area contributed by atoms with E-state index in [1.54, 1.807) is 30.9 Å². The molecule has 3 aromatic rings. The fourth-order valence-electron chi connectivity index (χ4n) is 2.72. The summed E-state index contributed by atoms with van der Waals surface area (Å²) in [7, 11) is 1.81. The Balaban J connectivity index is 2.31. The normalized spacial score (nSPS) is 11.0. The van der Waals surface area contributed by atoms with Gasteiger partial charge in [-0.3, -0.25) is 9.48 Å². The molecule has 0 saturated heterocycles. The highest BCUT2D eigenvalue weighted by molar-refractivity contribution is 5.92. The van der Waals surface area contributed by atoms with Crippen molar-refractivity contribution in [3.05, 3.63) is 45.9 Å². The van der Waals surface area contributed by atoms with Crippen molar-refractivity contribution in [3.8, 4) is 17.0 Å². The van der Waals surface area contributed by atoms with Crippen molar-refractivity contribution in [2.75, 3.05) is 0 Å². The van der Waals surface area contributed by atoms with Gasteiger partial charge in [-0.1, -0.05) is 19.1 Å². The summed E-state index contributed by atoms with van der Waals surface area (Å²) in [6.45, 7) is 1.78. The zero-order valence-electron chi connectivity index (χ0n) is 12.6. The number of benzene rings is 1. The van der Waals surface area contributed by atoms with Gasteiger partial charge in [-0.2, -0.15) is 5.10 Å². The van der Waals surface area contributed by atoms with E-state index in [-0.39, 0.29) is 0 Å². The third kappa shape index (κ3) is 2.26. The minimum absolute atomic E-state index is 0.377. The van der Waals surface area contributed by atoms with Crippen LogP contribution in [0.2, 0.25) is 0 Å². The van der Waals surface area contributed by atoms with Crippen molar-refractivity contribution in [1.29, 1.82) is 0 Å². The van der Waals surface area contributed by atoms with Crippen molar-refractivity contribution < 1.29 is 15.0 Å². The Labute approximate surface area is 130 Å². The van der Waals surface area contributed by atoms with E-state index in [4.69, 9.17) is 5.11 Å². The van der Waals surface area contributed by atoms with Crippen LogP contribution in [0.1, 0.15) is 22.8 Å². The molecular formula is C16H15N3O4. The van der Waals surface area contributed by atoms with E-state index >= 15 is 0 Å². The molecule has 2 aromatic heterocycles. The van der Waals surface area contributed by atoms with Gasteiger partial charge in [0.1, 0.15) is 5.75 Å². The quantitative estimate of drug-likeness (QED) is 0.684. The van der Waals surface area contributed by atoms with Crippen LogP contribution >= 0.6 is 0 Å². The van der Waals surface area contributed by atoms with Gasteiger partial charge in [0.15, 0.2) is 5.56 Å². The number of aromatic nitrogens is 3. The van der Waals surface area contributed by atoms with Crippen LogP contribution in [0, 0.1) is 0 Å². The minimum atomic E-state index is -1.45. The number of hydrogen-bond acceptors (Lipinski definition) is 4. The highest BCUT2D eigenvalue weighted by Gasteiger charge is 2.22. The zero-order chi connectivity index (χ0) is 16.7. The molecule has 0 atom stereocenters. The molecule has 0 fully saturated rings. The summed E-state index contributed by atoms with van der Waals surface area (Å²) in [5, 5.41) is 24.4. The number of nitrogens with one attached hydrogen (secondary N) is 1. The molecule has 0 radical (unpaired) electrons. The molecule has 118 valence electrons. The van der Waals surface area contributed by atoms with Crippen LogP contribution < -0.4 is 5.56 Å². The molecule has 3 rings (SSSR count). The maximum absolute atomic E-state index is 12.0. The lowest BCUT2D eigenvalue weighted by Crippen LogP contribution is -2.20. The Bertz CT molecular complexity index is 985. The fourth-order valence-corrected chi connectivity index (χ4v) is 2.72. The van der Waals surface area contributed by atoms with Crippen molar-refractivity contribution in [1.82, 2.24) is 14.8 Å². The lowest BCUT2D eigenvalue weighted by atomic mass is 10.00. The van der Waals surface area contributed by atoms with Gasteiger partial charge >= 0.3 is 5.97 Å². The van der Waals surface area contributed by atoms with Crippen LogP contribution in [0.15, 0.2) is 29.2 Å². The Morgan fingerprint density at radius 2 is 2.13 bits per heavy atom. The first-order valence-electron chi connectivity index (χ1n) is 7.07. The second kappa shape index (κ2) is 5.28. The molecule has 0 aliphatic heterocycles. The summed E-state index contributed by atoms with van der Waals surface area (Å²) in [4.78, 5) is 25.7. The molecule has 7 heteroatoms. The number of carboxylic acids is 1. The molecule has 23 heavy (non-hydrogen) atoms. The average molecular weight is 313 g/mol. The predicted octanol–water partition coefficient (Wildman–Crippen LogP) is 1.89. The van der Waals surface area contributed by atoms with E-state index in [0.29, 0.717) is 23.2 Å². The van der Waals surface area contributed by atoms with E-state index in [9.17, 15) is 14.7 Å². The highest BCUT2D eigenvalue weighted by Crippen LogP contribution is 2.31. The number of aromatic amines is 1. The first-order chi connectivity index (χ1) is 10.9. The van der Waals surface area contributed by atoms with Gasteiger partial charge < -0.3 is 15.2 Å². The van der Waals surface area contributed by atoms with E-state index in [1.807, 2.05) is 12.1 Å². The van der Waals surface area contributed by atoms with E-state index in [0.717, 1.165) is 10.9 Å². The lowest BCUT2D eigenvalue weighted by Gasteiger charge is -2.12. The summed E-state index contributed by atoms with van der Waals surface area (Å²) in [5.41, 5.74) is 0.903. The standard InChI is InChI=1S/C16H15N3O4/c1-3-10-13(18-15(21)12(14(10)20)16(22)23)8-4-5-9-7-17-19(2)11(9)6-8/h4-7H,3H2,1-2H3,(H,22,23)(H2,18,20,21). The second-order valence-electron chi connectivity index (χ2n) is 5.23. The van der Waals surface area contributed by atoms with E-state index < -0.39 is 22.8 Å². The number of aromatic hydroxyl groups is 1. The molecule has 0 amide bonds. The molecule has 3 N–H and O–H groups in total. The van der Waals surface area contributed by atoms with Crippen molar-refractivity contribution >= 4 is 16.9 Å². The van der Waals surface area contributed by atoms with Crippen molar-refractivity contribution in [3.63, 3.8) is 0 Å². The molecule has 0 bridgehead atoms. The number of pyridine rings is 1. The van der Waals surface area contributed by atoms with Crippen LogP contribution in [-0.4, -0.2) is 30.9 Å². The van der Waals surface area contributed by atoms with Crippen LogP contribution in [0.4, 0.5) is 0 Å². The summed E-state index contributed by atoms with van der Waals surface area (Å²) >= 11 is 0. The monoisotopic (exact) mass is 313 g/mol. The van der Waals surface area contributed by atoms with Crippen molar-refractivity contribution in [2.45, 2.75) is 13.3 Å². The van der Waals surface area contributed by atoms with Gasteiger partial charge in [-0.15, -0.1) is 0 Å². The molecular weight excluding hydrogens is 298 g/mol. The average Bonchev–Trinajstić information content (AvgIpc) is 2.87. The molecule has 7 nitrogen and oxygen atoms in total. The summed E-state index contributed by atoms with van der Waals surface area (Å²) in [6, 6.07) is 5.50. The van der Waals surface area contributed by atoms with Crippen LogP contribution in [-0.2, 0) is 13.5 Å². The molecule has 0 aliphatic rings. The third-order valence-electron chi connectivity index (χ3n) is 3.90. The van der Waals surface area contributed by atoms with Gasteiger partial charge in [0.05, 0.1) is 17.4 Å². The summed E-state index contributed by atoms with van der Waals surface area (Å²) < 4.78 is 1.70.